The largest absolute Gasteiger partial charge is 0.294 e. The summed E-state index contributed by atoms with van der Waals surface area (Å²) in [6.07, 6.45) is 3.20. The second-order valence-electron chi connectivity index (χ2n) is 3.41. The minimum Gasteiger partial charge on any atom is -0.294 e. The first-order valence-electron chi connectivity index (χ1n) is 5.20. The molecule has 0 heterocycles. The van der Waals surface area contributed by atoms with Gasteiger partial charge >= 0.3 is 0 Å². The predicted molar refractivity (Wildman–Crippen MR) is 61.2 cm³/mol. The molecule has 76 valence electrons. The molecule has 0 N–H and O–H groups in total. The van der Waals surface area contributed by atoms with Gasteiger partial charge in [0.15, 0.2) is 0 Å². The van der Waals surface area contributed by atoms with Crippen LogP contribution in [0.25, 0.3) is 0 Å². The Morgan fingerprint density at radius 3 is 1.54 bits per heavy atom. The van der Waals surface area contributed by atoms with Crippen molar-refractivity contribution in [2.45, 2.75) is 47.0 Å². The van der Waals surface area contributed by atoms with Gasteiger partial charge in [0.05, 0.1) is 0 Å². The molecular weight excluding hydrogens is 160 g/mol. The second-order valence-corrected chi connectivity index (χ2v) is 3.41. The summed E-state index contributed by atoms with van der Waals surface area (Å²) in [6, 6.07) is 0. The highest BCUT2D eigenvalue weighted by molar-refractivity contribution is 6.02. The zero-order valence-electron chi connectivity index (χ0n) is 9.43. The third-order valence-corrected chi connectivity index (χ3v) is 1.72. The number of aliphatic imine (C=N–C) groups is 2. The van der Waals surface area contributed by atoms with Crippen LogP contribution in [0, 0.1) is 0 Å². The Morgan fingerprint density at radius 2 is 1.23 bits per heavy atom. The first kappa shape index (κ1) is 12.3. The highest BCUT2D eigenvalue weighted by atomic mass is 14.8. The Morgan fingerprint density at radius 1 is 0.846 bits per heavy atom. The zero-order chi connectivity index (χ0) is 10.1. The van der Waals surface area contributed by atoms with E-state index in [0.717, 1.165) is 32.4 Å². The van der Waals surface area contributed by atoms with E-state index in [1.165, 1.54) is 11.4 Å². The van der Waals surface area contributed by atoms with Gasteiger partial charge in [-0.1, -0.05) is 13.8 Å². The molecule has 0 amide bonds. The maximum Gasteiger partial charge on any atom is 0.0386 e. The number of hydrogen-bond acceptors (Lipinski definition) is 2. The van der Waals surface area contributed by atoms with Gasteiger partial charge in [0.2, 0.25) is 0 Å². The molecule has 0 aliphatic rings. The number of nitrogens with zero attached hydrogens (tertiary/aromatic N) is 2. The van der Waals surface area contributed by atoms with Crippen molar-refractivity contribution in [3.8, 4) is 0 Å². The summed E-state index contributed by atoms with van der Waals surface area (Å²) in [5.41, 5.74) is 2.42. The average molecular weight is 182 g/mol. The predicted octanol–water partition coefficient (Wildman–Crippen LogP) is 3.12. The summed E-state index contributed by atoms with van der Waals surface area (Å²) < 4.78 is 0. The van der Waals surface area contributed by atoms with Crippen molar-refractivity contribution in [3.05, 3.63) is 0 Å². The highest BCUT2D eigenvalue weighted by Crippen LogP contribution is 1.93. The summed E-state index contributed by atoms with van der Waals surface area (Å²) in [7, 11) is 0. The molecule has 0 aromatic rings. The molecule has 0 aromatic carbocycles. The summed E-state index contributed by atoms with van der Waals surface area (Å²) in [5.74, 6) is 0. The molecule has 0 radical (unpaired) electrons. The first-order chi connectivity index (χ1) is 6.20. The molecule has 0 rings (SSSR count). The van der Waals surface area contributed by atoms with Gasteiger partial charge in [-0.25, -0.2) is 0 Å². The van der Waals surface area contributed by atoms with E-state index in [2.05, 4.69) is 37.7 Å². The molecule has 13 heavy (non-hydrogen) atoms. The Balaban J connectivity index is 3.82. The molecule has 2 nitrogen and oxygen atoms in total. The molecule has 0 saturated heterocycles. The van der Waals surface area contributed by atoms with Crippen LogP contribution >= 0.6 is 0 Å². The summed E-state index contributed by atoms with van der Waals surface area (Å²) in [4.78, 5) is 8.85. The fourth-order valence-corrected chi connectivity index (χ4v) is 1.09. The Hall–Kier alpha value is -0.660. The van der Waals surface area contributed by atoms with Crippen molar-refractivity contribution in [2.75, 3.05) is 13.1 Å². The molecular formula is C11H22N2. The van der Waals surface area contributed by atoms with Crippen LogP contribution in [0.2, 0.25) is 0 Å². The van der Waals surface area contributed by atoms with Crippen LogP contribution in [0.3, 0.4) is 0 Å². The van der Waals surface area contributed by atoms with Crippen LogP contribution in [-0.2, 0) is 0 Å². The fourth-order valence-electron chi connectivity index (χ4n) is 1.09. The highest BCUT2D eigenvalue weighted by Gasteiger charge is 1.94. The van der Waals surface area contributed by atoms with Gasteiger partial charge < -0.3 is 0 Å². The average Bonchev–Trinajstić information content (AvgIpc) is 2.11. The van der Waals surface area contributed by atoms with E-state index in [1.807, 2.05) is 0 Å². The van der Waals surface area contributed by atoms with Gasteiger partial charge in [-0.2, -0.15) is 0 Å². The molecule has 0 aliphatic heterocycles. The van der Waals surface area contributed by atoms with Gasteiger partial charge in [0.25, 0.3) is 0 Å². The quantitative estimate of drug-likeness (QED) is 0.564. The summed E-state index contributed by atoms with van der Waals surface area (Å²) >= 11 is 0. The van der Waals surface area contributed by atoms with Crippen LogP contribution in [0.1, 0.15) is 47.0 Å². The van der Waals surface area contributed by atoms with Crippen molar-refractivity contribution >= 4 is 11.4 Å². The Bertz CT molecular complexity index is 161. The minimum absolute atomic E-state index is 0.944. The van der Waals surface area contributed by atoms with E-state index in [-0.39, 0.29) is 0 Å². The molecule has 0 aromatic heterocycles. The van der Waals surface area contributed by atoms with E-state index >= 15 is 0 Å². The van der Waals surface area contributed by atoms with Crippen LogP contribution in [0.5, 0.6) is 0 Å². The second kappa shape index (κ2) is 7.96. The van der Waals surface area contributed by atoms with E-state index in [1.54, 1.807) is 0 Å². The van der Waals surface area contributed by atoms with Crippen LogP contribution < -0.4 is 0 Å². The molecule has 0 spiro atoms. The minimum atomic E-state index is 0.944. The zero-order valence-corrected chi connectivity index (χ0v) is 9.43. The first-order valence-corrected chi connectivity index (χ1v) is 5.20. The van der Waals surface area contributed by atoms with E-state index in [4.69, 9.17) is 0 Å². The fraction of sp³-hybridized carbons (Fsp3) is 0.818. The SMILES string of the molecule is CCCN=C(C)CC(C)=NCCC. The standard InChI is InChI=1S/C11H22N2/c1-5-7-12-10(3)9-11(4)13-8-6-2/h5-9H2,1-4H3. The van der Waals surface area contributed by atoms with Gasteiger partial charge in [0.1, 0.15) is 0 Å². The molecule has 0 atom stereocenters. The van der Waals surface area contributed by atoms with Gasteiger partial charge in [-0.05, 0) is 26.7 Å². The molecule has 0 fully saturated rings. The number of rotatable bonds is 6. The third kappa shape index (κ3) is 7.69. The van der Waals surface area contributed by atoms with Crippen molar-refractivity contribution < 1.29 is 0 Å². The monoisotopic (exact) mass is 182 g/mol. The summed E-state index contributed by atoms with van der Waals surface area (Å²) in [5, 5.41) is 0. The van der Waals surface area contributed by atoms with Crippen molar-refractivity contribution in [3.63, 3.8) is 0 Å². The smallest absolute Gasteiger partial charge is 0.0386 e. The molecule has 2 heteroatoms. The molecule has 0 aliphatic carbocycles. The van der Waals surface area contributed by atoms with Gasteiger partial charge in [-0.15, -0.1) is 0 Å². The Kier molecular flexibility index (Phi) is 7.56. The van der Waals surface area contributed by atoms with Gasteiger partial charge in [-0.3, -0.25) is 9.98 Å². The van der Waals surface area contributed by atoms with Crippen molar-refractivity contribution in [1.82, 2.24) is 0 Å². The van der Waals surface area contributed by atoms with E-state index in [0.29, 0.717) is 0 Å². The Labute approximate surface area is 82.2 Å². The van der Waals surface area contributed by atoms with Crippen molar-refractivity contribution in [1.29, 1.82) is 0 Å². The van der Waals surface area contributed by atoms with E-state index < -0.39 is 0 Å². The lowest BCUT2D eigenvalue weighted by Crippen LogP contribution is -2.02. The van der Waals surface area contributed by atoms with Crippen LogP contribution in [0.15, 0.2) is 9.98 Å². The summed E-state index contributed by atoms with van der Waals surface area (Å²) in [6.45, 7) is 10.4. The van der Waals surface area contributed by atoms with Crippen LogP contribution in [-0.4, -0.2) is 24.5 Å². The maximum atomic E-state index is 4.43. The topological polar surface area (TPSA) is 24.7 Å². The van der Waals surface area contributed by atoms with Crippen molar-refractivity contribution in [2.24, 2.45) is 9.98 Å². The molecule has 0 saturated carbocycles. The molecule has 0 unspecified atom stereocenters. The lowest BCUT2D eigenvalue weighted by Gasteiger charge is -2.00. The normalized spacial score (nSPS) is 13.5. The van der Waals surface area contributed by atoms with E-state index in [9.17, 15) is 0 Å². The lowest BCUT2D eigenvalue weighted by molar-refractivity contribution is 0.921. The number of hydrogen-bond donors (Lipinski definition) is 0. The lowest BCUT2D eigenvalue weighted by atomic mass is 10.2. The van der Waals surface area contributed by atoms with Gasteiger partial charge in [0, 0.05) is 30.9 Å². The third-order valence-electron chi connectivity index (χ3n) is 1.72. The molecule has 0 bridgehead atoms. The van der Waals surface area contributed by atoms with Crippen LogP contribution in [0.4, 0.5) is 0 Å². The maximum absolute atomic E-state index is 4.43.